The number of hydrogen-bond acceptors (Lipinski definition) is 3. The summed E-state index contributed by atoms with van der Waals surface area (Å²) >= 11 is 0. The standard InChI is InChI=1S/C11H17N5/c1-15-11(3-5-14-15)9-12-4-2-7-16-8-6-13-10-16/h3,5-6,8,10,12H,2,4,7,9H2,1H3. The Hall–Kier alpha value is -1.62. The van der Waals surface area contributed by atoms with E-state index in [-0.39, 0.29) is 0 Å². The average molecular weight is 219 g/mol. The van der Waals surface area contributed by atoms with E-state index in [4.69, 9.17) is 0 Å². The Bertz CT molecular complexity index is 404. The van der Waals surface area contributed by atoms with Gasteiger partial charge in [-0.3, -0.25) is 4.68 Å². The minimum absolute atomic E-state index is 0.875. The van der Waals surface area contributed by atoms with Crippen LogP contribution in [0.3, 0.4) is 0 Å². The zero-order valence-electron chi connectivity index (χ0n) is 9.50. The highest BCUT2D eigenvalue weighted by molar-refractivity contribution is 4.98. The molecule has 86 valence electrons. The van der Waals surface area contributed by atoms with E-state index in [0.717, 1.165) is 26.1 Å². The third kappa shape index (κ3) is 2.93. The quantitative estimate of drug-likeness (QED) is 0.731. The van der Waals surface area contributed by atoms with Gasteiger partial charge in [0.25, 0.3) is 0 Å². The summed E-state index contributed by atoms with van der Waals surface area (Å²) in [5.74, 6) is 0. The van der Waals surface area contributed by atoms with Gasteiger partial charge in [0.15, 0.2) is 0 Å². The Morgan fingerprint density at radius 2 is 2.31 bits per heavy atom. The van der Waals surface area contributed by atoms with Crippen LogP contribution in [-0.4, -0.2) is 25.9 Å². The number of rotatable bonds is 6. The van der Waals surface area contributed by atoms with Gasteiger partial charge in [0.1, 0.15) is 0 Å². The largest absolute Gasteiger partial charge is 0.337 e. The topological polar surface area (TPSA) is 47.7 Å². The van der Waals surface area contributed by atoms with Gasteiger partial charge in [-0.15, -0.1) is 0 Å². The Morgan fingerprint density at radius 3 is 3.00 bits per heavy atom. The predicted molar refractivity (Wildman–Crippen MR) is 61.8 cm³/mol. The van der Waals surface area contributed by atoms with Crippen molar-refractivity contribution in [3.05, 3.63) is 36.7 Å². The SMILES string of the molecule is Cn1nccc1CNCCCn1ccnc1. The molecule has 0 bridgehead atoms. The molecule has 0 amide bonds. The summed E-state index contributed by atoms with van der Waals surface area (Å²) in [6.07, 6.45) is 8.57. The van der Waals surface area contributed by atoms with Crippen molar-refractivity contribution < 1.29 is 0 Å². The van der Waals surface area contributed by atoms with E-state index in [1.807, 2.05) is 42.7 Å². The normalized spacial score (nSPS) is 10.8. The van der Waals surface area contributed by atoms with Gasteiger partial charge in [-0.2, -0.15) is 5.10 Å². The molecule has 0 spiro atoms. The fourth-order valence-corrected chi connectivity index (χ4v) is 1.60. The van der Waals surface area contributed by atoms with Crippen molar-refractivity contribution in [3.8, 4) is 0 Å². The van der Waals surface area contributed by atoms with Crippen LogP contribution in [0.4, 0.5) is 0 Å². The van der Waals surface area contributed by atoms with Crippen molar-refractivity contribution in [3.63, 3.8) is 0 Å². The number of nitrogens with one attached hydrogen (secondary N) is 1. The third-order valence-electron chi connectivity index (χ3n) is 2.56. The van der Waals surface area contributed by atoms with Crippen LogP contribution in [-0.2, 0) is 20.1 Å². The summed E-state index contributed by atoms with van der Waals surface area (Å²) in [5.41, 5.74) is 1.21. The summed E-state index contributed by atoms with van der Waals surface area (Å²) < 4.78 is 3.98. The molecule has 5 nitrogen and oxygen atoms in total. The second-order valence-electron chi connectivity index (χ2n) is 3.78. The number of imidazole rings is 1. The lowest BCUT2D eigenvalue weighted by Gasteiger charge is -2.05. The van der Waals surface area contributed by atoms with Crippen LogP contribution in [0.15, 0.2) is 31.0 Å². The van der Waals surface area contributed by atoms with Gasteiger partial charge >= 0.3 is 0 Å². The van der Waals surface area contributed by atoms with Gasteiger partial charge in [-0.25, -0.2) is 4.98 Å². The molecule has 5 heteroatoms. The van der Waals surface area contributed by atoms with Crippen molar-refractivity contribution in [2.24, 2.45) is 7.05 Å². The Morgan fingerprint density at radius 1 is 1.38 bits per heavy atom. The van der Waals surface area contributed by atoms with Crippen LogP contribution in [0.1, 0.15) is 12.1 Å². The van der Waals surface area contributed by atoms with E-state index >= 15 is 0 Å². The van der Waals surface area contributed by atoms with E-state index in [9.17, 15) is 0 Å². The monoisotopic (exact) mass is 219 g/mol. The van der Waals surface area contributed by atoms with Gasteiger partial charge in [-0.05, 0) is 19.0 Å². The molecule has 0 radical (unpaired) electrons. The first kappa shape index (κ1) is 10.9. The van der Waals surface area contributed by atoms with Crippen LogP contribution < -0.4 is 5.32 Å². The molecule has 0 fully saturated rings. The average Bonchev–Trinajstić information content (AvgIpc) is 2.90. The van der Waals surface area contributed by atoms with Crippen molar-refractivity contribution in [2.45, 2.75) is 19.5 Å². The van der Waals surface area contributed by atoms with E-state index in [2.05, 4.69) is 20.0 Å². The van der Waals surface area contributed by atoms with E-state index in [1.165, 1.54) is 5.69 Å². The van der Waals surface area contributed by atoms with Crippen LogP contribution in [0.5, 0.6) is 0 Å². The molecule has 0 aliphatic rings. The fourth-order valence-electron chi connectivity index (χ4n) is 1.60. The molecule has 2 aromatic heterocycles. The second kappa shape index (κ2) is 5.46. The molecule has 2 heterocycles. The van der Waals surface area contributed by atoms with Gasteiger partial charge < -0.3 is 9.88 Å². The third-order valence-corrected chi connectivity index (χ3v) is 2.56. The minimum Gasteiger partial charge on any atom is -0.337 e. The first-order valence-electron chi connectivity index (χ1n) is 5.49. The van der Waals surface area contributed by atoms with Crippen molar-refractivity contribution in [1.29, 1.82) is 0 Å². The summed E-state index contributed by atoms with van der Waals surface area (Å²) in [5, 5.41) is 7.52. The number of nitrogens with zero attached hydrogens (tertiary/aromatic N) is 4. The van der Waals surface area contributed by atoms with Gasteiger partial charge in [0, 0.05) is 38.7 Å². The zero-order chi connectivity index (χ0) is 11.2. The molecular formula is C11H17N5. The lowest BCUT2D eigenvalue weighted by atomic mass is 10.4. The van der Waals surface area contributed by atoms with Gasteiger partial charge in [-0.1, -0.05) is 0 Å². The second-order valence-corrected chi connectivity index (χ2v) is 3.78. The van der Waals surface area contributed by atoms with Crippen LogP contribution in [0, 0.1) is 0 Å². The highest BCUT2D eigenvalue weighted by Gasteiger charge is 1.96. The van der Waals surface area contributed by atoms with E-state index in [1.54, 1.807) is 0 Å². The molecule has 2 aromatic rings. The summed E-state index contributed by atoms with van der Waals surface area (Å²) in [6, 6.07) is 2.03. The Balaban J connectivity index is 1.61. The van der Waals surface area contributed by atoms with Crippen LogP contribution in [0.2, 0.25) is 0 Å². The van der Waals surface area contributed by atoms with E-state index < -0.39 is 0 Å². The smallest absolute Gasteiger partial charge is 0.0945 e. The summed E-state index contributed by atoms with van der Waals surface area (Å²) in [6.45, 7) is 2.89. The maximum absolute atomic E-state index is 4.12. The van der Waals surface area contributed by atoms with Crippen molar-refractivity contribution in [2.75, 3.05) is 6.54 Å². The van der Waals surface area contributed by atoms with Gasteiger partial charge in [0.2, 0.25) is 0 Å². The number of aryl methyl sites for hydroxylation is 2. The molecule has 0 aliphatic heterocycles. The van der Waals surface area contributed by atoms with Crippen LogP contribution in [0.25, 0.3) is 0 Å². The Kier molecular flexibility index (Phi) is 3.71. The number of hydrogen-bond donors (Lipinski definition) is 1. The fraction of sp³-hybridized carbons (Fsp3) is 0.455. The summed E-state index contributed by atoms with van der Waals surface area (Å²) in [7, 11) is 1.96. The Labute approximate surface area is 95.1 Å². The zero-order valence-corrected chi connectivity index (χ0v) is 9.50. The number of aromatic nitrogens is 4. The first-order chi connectivity index (χ1) is 7.86. The highest BCUT2D eigenvalue weighted by Crippen LogP contribution is 1.95. The molecule has 1 N–H and O–H groups in total. The highest BCUT2D eigenvalue weighted by atomic mass is 15.3. The molecular weight excluding hydrogens is 202 g/mol. The maximum atomic E-state index is 4.12. The molecule has 16 heavy (non-hydrogen) atoms. The van der Waals surface area contributed by atoms with Crippen molar-refractivity contribution >= 4 is 0 Å². The minimum atomic E-state index is 0.875. The lowest BCUT2D eigenvalue weighted by molar-refractivity contribution is 0.564. The molecule has 0 aliphatic carbocycles. The maximum Gasteiger partial charge on any atom is 0.0945 e. The molecule has 2 rings (SSSR count). The lowest BCUT2D eigenvalue weighted by Crippen LogP contribution is -2.18. The molecule has 0 aromatic carbocycles. The molecule has 0 atom stereocenters. The molecule has 0 saturated heterocycles. The van der Waals surface area contributed by atoms with Gasteiger partial charge in [0.05, 0.1) is 12.0 Å². The summed E-state index contributed by atoms with van der Waals surface area (Å²) in [4.78, 5) is 4.00. The molecule has 0 unspecified atom stereocenters. The van der Waals surface area contributed by atoms with Crippen molar-refractivity contribution in [1.82, 2.24) is 24.6 Å². The van der Waals surface area contributed by atoms with Crippen LogP contribution >= 0.6 is 0 Å². The predicted octanol–water partition coefficient (Wildman–Crippen LogP) is 0.796. The molecule has 0 saturated carbocycles. The first-order valence-corrected chi connectivity index (χ1v) is 5.49. The van der Waals surface area contributed by atoms with E-state index in [0.29, 0.717) is 0 Å².